The first-order valence-corrected chi connectivity index (χ1v) is 5.31. The molecule has 0 radical (unpaired) electrons. The van der Waals surface area contributed by atoms with Crippen LogP contribution in [0.4, 0.5) is 0 Å². The Bertz CT molecular complexity index is 234. The van der Waals surface area contributed by atoms with E-state index in [1.165, 1.54) is 11.9 Å². The topological polar surface area (TPSA) is 91.0 Å². The molecule has 0 aliphatic carbocycles. The van der Waals surface area contributed by atoms with Crippen LogP contribution in [0.1, 0.15) is 0 Å². The first kappa shape index (κ1) is 11.1. The molecule has 0 aromatic rings. The van der Waals surface area contributed by atoms with Gasteiger partial charge in [0.1, 0.15) is 6.54 Å². The van der Waals surface area contributed by atoms with Gasteiger partial charge in [-0.05, 0) is 11.9 Å². The molecule has 0 aromatic heterocycles. The molecule has 0 atom stereocenters. The molecule has 0 spiro atoms. The molecule has 0 bridgehead atoms. The molecule has 1 rings (SSSR count). The van der Waals surface area contributed by atoms with E-state index in [4.69, 9.17) is 10.8 Å². The number of rotatable bonds is 5. The fourth-order valence-corrected chi connectivity index (χ4v) is 1.61. The van der Waals surface area contributed by atoms with Crippen molar-refractivity contribution in [1.29, 1.82) is 0 Å². The van der Waals surface area contributed by atoms with E-state index < -0.39 is 5.97 Å². The average Bonchev–Trinajstić information content (AvgIpc) is 2.52. The van der Waals surface area contributed by atoms with Crippen molar-refractivity contribution >= 4 is 23.9 Å². The molecular formula is C7H14N4O2S. The molecule has 7 heteroatoms. The van der Waals surface area contributed by atoms with Crippen LogP contribution in [-0.2, 0) is 4.79 Å². The second-order valence-corrected chi connectivity index (χ2v) is 3.66. The van der Waals surface area contributed by atoms with Gasteiger partial charge in [-0.3, -0.25) is 9.79 Å². The van der Waals surface area contributed by atoms with Gasteiger partial charge in [0.15, 0.2) is 0 Å². The highest BCUT2D eigenvalue weighted by molar-refractivity contribution is 7.97. The molecule has 1 heterocycles. The van der Waals surface area contributed by atoms with Gasteiger partial charge in [0, 0.05) is 18.8 Å². The van der Waals surface area contributed by atoms with E-state index in [9.17, 15) is 4.79 Å². The molecular weight excluding hydrogens is 204 g/mol. The monoisotopic (exact) mass is 218 g/mol. The number of carboxylic acid groups (broad SMARTS) is 1. The summed E-state index contributed by atoms with van der Waals surface area (Å²) in [6.45, 7) is 1.90. The van der Waals surface area contributed by atoms with Gasteiger partial charge in [0.2, 0.25) is 5.96 Å². The molecule has 14 heavy (non-hydrogen) atoms. The van der Waals surface area contributed by atoms with E-state index in [1.54, 1.807) is 4.90 Å². The van der Waals surface area contributed by atoms with Crippen molar-refractivity contribution in [1.82, 2.24) is 9.62 Å². The number of nitrogens with two attached hydrogens (primary N) is 1. The average molecular weight is 218 g/mol. The Kier molecular flexibility index (Phi) is 4.54. The van der Waals surface area contributed by atoms with Crippen LogP contribution < -0.4 is 10.5 Å². The molecule has 0 fully saturated rings. The number of nitrogens with zero attached hydrogens (tertiary/aromatic N) is 2. The summed E-state index contributed by atoms with van der Waals surface area (Å²) in [4.78, 5) is 16.3. The maximum atomic E-state index is 10.5. The Morgan fingerprint density at radius 1 is 1.79 bits per heavy atom. The summed E-state index contributed by atoms with van der Waals surface area (Å²) in [6.07, 6.45) is 0. The molecule has 1 aliphatic heterocycles. The number of guanidine groups is 1. The van der Waals surface area contributed by atoms with Gasteiger partial charge in [-0.15, -0.1) is 0 Å². The van der Waals surface area contributed by atoms with Gasteiger partial charge in [0.25, 0.3) is 0 Å². The third kappa shape index (κ3) is 3.43. The summed E-state index contributed by atoms with van der Waals surface area (Å²) in [5.74, 6) is 0.580. The minimum Gasteiger partial charge on any atom is -0.480 e. The SMILES string of the molecule is NCCSNC1=NCCN1CC(=O)O. The second-order valence-electron chi connectivity index (χ2n) is 2.76. The molecule has 0 aromatic carbocycles. The molecule has 0 saturated carbocycles. The maximum absolute atomic E-state index is 10.5. The first-order chi connectivity index (χ1) is 6.74. The number of aliphatic imine (C=N–C) groups is 1. The number of hydrogen-bond acceptors (Lipinski definition) is 6. The highest BCUT2D eigenvalue weighted by atomic mass is 32.2. The van der Waals surface area contributed by atoms with Gasteiger partial charge < -0.3 is 20.5 Å². The zero-order valence-electron chi connectivity index (χ0n) is 7.77. The number of aliphatic carboxylic acids is 1. The van der Waals surface area contributed by atoms with Crippen molar-refractivity contribution in [2.45, 2.75) is 0 Å². The maximum Gasteiger partial charge on any atom is 0.323 e. The van der Waals surface area contributed by atoms with Crippen LogP contribution >= 0.6 is 11.9 Å². The molecule has 4 N–H and O–H groups in total. The lowest BCUT2D eigenvalue weighted by Gasteiger charge is -2.17. The Balaban J connectivity index is 2.31. The van der Waals surface area contributed by atoms with E-state index in [2.05, 4.69) is 9.71 Å². The van der Waals surface area contributed by atoms with Gasteiger partial charge in [-0.25, -0.2) is 0 Å². The molecule has 0 unspecified atom stereocenters. The Morgan fingerprint density at radius 2 is 2.57 bits per heavy atom. The summed E-state index contributed by atoms with van der Waals surface area (Å²) in [5.41, 5.74) is 5.32. The van der Waals surface area contributed by atoms with E-state index in [0.717, 1.165) is 5.75 Å². The minimum absolute atomic E-state index is 0.00494. The van der Waals surface area contributed by atoms with Crippen molar-refractivity contribution < 1.29 is 9.90 Å². The van der Waals surface area contributed by atoms with Crippen LogP contribution in [0.15, 0.2) is 4.99 Å². The van der Waals surface area contributed by atoms with E-state index >= 15 is 0 Å². The quantitative estimate of drug-likeness (QED) is 0.402. The number of carboxylic acids is 1. The van der Waals surface area contributed by atoms with E-state index in [1.807, 2.05) is 0 Å². The van der Waals surface area contributed by atoms with Crippen LogP contribution in [-0.4, -0.2) is 53.9 Å². The van der Waals surface area contributed by atoms with Crippen molar-refractivity contribution in [3.8, 4) is 0 Å². The summed E-state index contributed by atoms with van der Waals surface area (Å²) in [7, 11) is 0. The molecule has 6 nitrogen and oxygen atoms in total. The number of hydrogen-bond donors (Lipinski definition) is 3. The summed E-state index contributed by atoms with van der Waals surface area (Å²) >= 11 is 1.44. The van der Waals surface area contributed by atoms with Gasteiger partial charge in [-0.2, -0.15) is 0 Å². The predicted molar refractivity (Wildman–Crippen MR) is 56.2 cm³/mol. The van der Waals surface area contributed by atoms with Crippen LogP contribution in [0.25, 0.3) is 0 Å². The smallest absolute Gasteiger partial charge is 0.323 e. The van der Waals surface area contributed by atoms with Crippen LogP contribution in [0.5, 0.6) is 0 Å². The molecule has 80 valence electrons. The lowest BCUT2D eigenvalue weighted by atomic mass is 10.5. The van der Waals surface area contributed by atoms with E-state index in [0.29, 0.717) is 25.6 Å². The number of carbonyl (C=O) groups is 1. The number of nitrogens with one attached hydrogen (secondary N) is 1. The predicted octanol–water partition coefficient (Wildman–Crippen LogP) is -1.06. The first-order valence-electron chi connectivity index (χ1n) is 4.33. The zero-order valence-corrected chi connectivity index (χ0v) is 8.59. The largest absolute Gasteiger partial charge is 0.480 e. The second kappa shape index (κ2) is 5.71. The highest BCUT2D eigenvalue weighted by Crippen LogP contribution is 2.02. The van der Waals surface area contributed by atoms with Crippen LogP contribution in [0.3, 0.4) is 0 Å². The lowest BCUT2D eigenvalue weighted by Crippen LogP contribution is -2.39. The molecule has 0 saturated heterocycles. The van der Waals surface area contributed by atoms with Gasteiger partial charge >= 0.3 is 5.97 Å². The Labute approximate surface area is 86.7 Å². The normalized spacial score (nSPS) is 15.5. The highest BCUT2D eigenvalue weighted by Gasteiger charge is 2.18. The van der Waals surface area contributed by atoms with Gasteiger partial charge in [0.05, 0.1) is 6.54 Å². The van der Waals surface area contributed by atoms with Crippen molar-refractivity contribution in [3.63, 3.8) is 0 Å². The Hall–Kier alpha value is -0.950. The third-order valence-electron chi connectivity index (χ3n) is 1.64. The molecule has 0 amide bonds. The van der Waals surface area contributed by atoms with Crippen molar-refractivity contribution in [2.24, 2.45) is 10.7 Å². The fraction of sp³-hybridized carbons (Fsp3) is 0.714. The fourth-order valence-electron chi connectivity index (χ4n) is 1.07. The van der Waals surface area contributed by atoms with E-state index in [-0.39, 0.29) is 6.54 Å². The zero-order chi connectivity index (χ0) is 10.4. The summed E-state index contributed by atoms with van der Waals surface area (Å²) in [6, 6.07) is 0. The van der Waals surface area contributed by atoms with Gasteiger partial charge in [-0.1, -0.05) is 0 Å². The summed E-state index contributed by atoms with van der Waals surface area (Å²) < 4.78 is 2.99. The van der Waals surface area contributed by atoms with Crippen molar-refractivity contribution in [2.75, 3.05) is 31.9 Å². The lowest BCUT2D eigenvalue weighted by molar-refractivity contribution is -0.137. The summed E-state index contributed by atoms with van der Waals surface area (Å²) in [5, 5.41) is 8.61. The Morgan fingerprint density at radius 3 is 3.21 bits per heavy atom. The molecule has 1 aliphatic rings. The van der Waals surface area contributed by atoms with Crippen molar-refractivity contribution in [3.05, 3.63) is 0 Å². The van der Waals surface area contributed by atoms with Crippen LogP contribution in [0, 0.1) is 0 Å². The van der Waals surface area contributed by atoms with Crippen LogP contribution in [0.2, 0.25) is 0 Å². The third-order valence-corrected chi connectivity index (χ3v) is 2.41. The minimum atomic E-state index is -0.842. The standard InChI is InChI=1S/C7H14N4O2S/c8-1-4-14-10-7-9-2-3-11(7)5-6(12)13/h1-5,8H2,(H,9,10)(H,12,13).